The van der Waals surface area contributed by atoms with E-state index in [9.17, 15) is 0 Å². The van der Waals surface area contributed by atoms with E-state index in [1.165, 1.54) is 50.2 Å². The Bertz CT molecular complexity index is 347. The molecule has 0 bridgehead atoms. The fraction of sp³-hybridized carbons (Fsp3) is 0.786. The van der Waals surface area contributed by atoms with E-state index in [2.05, 4.69) is 22.2 Å². The molecule has 0 aliphatic heterocycles. The van der Waals surface area contributed by atoms with Crippen LogP contribution in [0.25, 0.3) is 0 Å². The molecule has 0 spiro atoms. The molecule has 4 heteroatoms. The third kappa shape index (κ3) is 3.94. The largest absolute Gasteiger partial charge is 0.301 e. The van der Waals surface area contributed by atoms with Crippen LogP contribution in [0.15, 0.2) is 5.38 Å². The van der Waals surface area contributed by atoms with E-state index in [1.54, 1.807) is 11.3 Å². The highest BCUT2D eigenvalue weighted by Gasteiger charge is 2.20. The summed E-state index contributed by atoms with van der Waals surface area (Å²) in [6, 6.07) is 0.852. The Morgan fingerprint density at radius 3 is 2.83 bits per heavy atom. The maximum atomic E-state index is 5.77. The minimum absolute atomic E-state index is 0.541. The molecule has 1 aliphatic carbocycles. The van der Waals surface area contributed by atoms with E-state index in [4.69, 9.17) is 11.6 Å². The maximum Gasteiger partial charge on any atom is 0.0929 e. The van der Waals surface area contributed by atoms with E-state index in [1.807, 2.05) is 0 Å². The lowest BCUT2D eigenvalue weighted by molar-refractivity contribution is 0.206. The Hall–Kier alpha value is -0.120. The van der Waals surface area contributed by atoms with Crippen LogP contribution in [0.5, 0.6) is 0 Å². The van der Waals surface area contributed by atoms with Crippen molar-refractivity contribution in [1.29, 1.82) is 0 Å². The van der Waals surface area contributed by atoms with Gasteiger partial charge in [0.05, 0.1) is 16.6 Å². The number of rotatable bonds is 7. The van der Waals surface area contributed by atoms with Gasteiger partial charge in [0, 0.05) is 17.8 Å². The predicted molar refractivity (Wildman–Crippen MR) is 79.5 cm³/mol. The van der Waals surface area contributed by atoms with Gasteiger partial charge in [-0.05, 0) is 32.4 Å². The summed E-state index contributed by atoms with van der Waals surface area (Å²) in [6.45, 7) is 4.69. The Labute approximate surface area is 119 Å². The van der Waals surface area contributed by atoms with Crippen LogP contribution < -0.4 is 0 Å². The quantitative estimate of drug-likeness (QED) is 0.702. The molecule has 1 aromatic heterocycles. The molecule has 102 valence electrons. The zero-order chi connectivity index (χ0) is 12.8. The number of hydrogen-bond donors (Lipinski definition) is 0. The first-order valence-corrected chi connectivity index (χ1v) is 8.48. The van der Waals surface area contributed by atoms with Crippen LogP contribution in [0, 0.1) is 0 Å². The van der Waals surface area contributed by atoms with Crippen LogP contribution in [0.4, 0.5) is 0 Å². The van der Waals surface area contributed by atoms with Gasteiger partial charge in [0.1, 0.15) is 0 Å². The van der Waals surface area contributed by atoms with Crippen molar-refractivity contribution >= 4 is 22.9 Å². The van der Waals surface area contributed by atoms with Gasteiger partial charge < -0.3 is 4.90 Å². The van der Waals surface area contributed by atoms with Crippen molar-refractivity contribution in [2.45, 2.75) is 57.4 Å². The Kier molecular flexibility index (Phi) is 5.93. The second kappa shape index (κ2) is 7.46. The van der Waals surface area contributed by atoms with Gasteiger partial charge in [-0.15, -0.1) is 22.9 Å². The molecule has 2 nitrogen and oxygen atoms in total. The van der Waals surface area contributed by atoms with Gasteiger partial charge in [-0.1, -0.05) is 19.8 Å². The normalized spacial score (nSPS) is 16.8. The average Bonchev–Trinajstić information content (AvgIpc) is 3.05. The molecule has 1 saturated carbocycles. The van der Waals surface area contributed by atoms with Gasteiger partial charge in [0.2, 0.25) is 0 Å². The molecule has 1 fully saturated rings. The molecule has 0 aromatic carbocycles. The molecule has 0 amide bonds. The molecule has 0 N–H and O–H groups in total. The van der Waals surface area contributed by atoms with Crippen LogP contribution in [-0.2, 0) is 12.3 Å². The highest BCUT2D eigenvalue weighted by atomic mass is 35.5. The molecular weight excluding hydrogens is 264 g/mol. The van der Waals surface area contributed by atoms with E-state index in [-0.39, 0.29) is 0 Å². The highest BCUT2D eigenvalue weighted by molar-refractivity contribution is 7.09. The van der Waals surface area contributed by atoms with Crippen LogP contribution in [0.1, 0.15) is 49.7 Å². The van der Waals surface area contributed by atoms with Crippen LogP contribution in [0.2, 0.25) is 0 Å². The molecule has 2 rings (SSSR count). The monoisotopic (exact) mass is 286 g/mol. The zero-order valence-electron chi connectivity index (χ0n) is 11.2. The van der Waals surface area contributed by atoms with Crippen molar-refractivity contribution in [2.24, 2.45) is 0 Å². The second-order valence-corrected chi connectivity index (χ2v) is 6.25. The first-order valence-electron chi connectivity index (χ1n) is 7.06. The number of aromatic nitrogens is 1. The average molecular weight is 287 g/mol. The molecular formula is C14H23ClN2S. The summed E-state index contributed by atoms with van der Waals surface area (Å²) < 4.78 is 0. The summed E-state index contributed by atoms with van der Waals surface area (Å²) in [7, 11) is 0. The number of hydrogen-bond acceptors (Lipinski definition) is 3. The summed E-state index contributed by atoms with van der Waals surface area (Å²) in [6.07, 6.45) is 7.98. The van der Waals surface area contributed by atoms with Crippen LogP contribution >= 0.6 is 22.9 Å². The minimum Gasteiger partial charge on any atom is -0.301 e. The number of nitrogens with zero attached hydrogens (tertiary/aromatic N) is 2. The van der Waals surface area contributed by atoms with Gasteiger partial charge in [0.25, 0.3) is 0 Å². The summed E-state index contributed by atoms with van der Waals surface area (Å²) in [5.74, 6) is 0.541. The molecule has 1 heterocycles. The van der Waals surface area contributed by atoms with Gasteiger partial charge >= 0.3 is 0 Å². The number of thiazole rings is 1. The fourth-order valence-corrected chi connectivity index (χ4v) is 3.90. The van der Waals surface area contributed by atoms with Gasteiger partial charge in [-0.25, -0.2) is 4.98 Å². The minimum atomic E-state index is 0.541. The van der Waals surface area contributed by atoms with Crippen molar-refractivity contribution in [3.8, 4) is 0 Å². The molecule has 1 aliphatic rings. The summed E-state index contributed by atoms with van der Waals surface area (Å²) in [4.78, 5) is 7.17. The molecule has 0 saturated heterocycles. The van der Waals surface area contributed by atoms with E-state index >= 15 is 0 Å². The lowest BCUT2D eigenvalue weighted by atomic mass is 10.2. The highest BCUT2D eigenvalue weighted by Crippen LogP contribution is 2.23. The number of alkyl halides is 1. The molecule has 1 aromatic rings. The van der Waals surface area contributed by atoms with Crippen molar-refractivity contribution in [2.75, 3.05) is 13.1 Å². The van der Waals surface area contributed by atoms with E-state index < -0.39 is 0 Å². The first-order chi connectivity index (χ1) is 8.83. The third-order valence-corrected chi connectivity index (χ3v) is 5.05. The van der Waals surface area contributed by atoms with Crippen LogP contribution in [-0.4, -0.2) is 29.0 Å². The molecule has 0 radical (unpaired) electrons. The van der Waals surface area contributed by atoms with E-state index in [0.717, 1.165) is 18.2 Å². The van der Waals surface area contributed by atoms with Gasteiger partial charge in [-0.2, -0.15) is 0 Å². The number of aryl methyl sites for hydroxylation is 1. The fourth-order valence-electron chi connectivity index (χ4n) is 2.83. The smallest absolute Gasteiger partial charge is 0.0929 e. The molecule has 0 unspecified atom stereocenters. The van der Waals surface area contributed by atoms with E-state index in [0.29, 0.717) is 5.88 Å². The molecule has 18 heavy (non-hydrogen) atoms. The SMILES string of the molecule is CCN(CCCc1nc(CCl)cs1)C1CCCC1. The standard InChI is InChI=1S/C14H23ClN2S/c1-2-17(13-6-3-4-7-13)9-5-8-14-16-12(10-15)11-18-14/h11,13H,2-10H2,1H3. The van der Waals surface area contributed by atoms with Crippen molar-refractivity contribution in [1.82, 2.24) is 9.88 Å². The van der Waals surface area contributed by atoms with Gasteiger partial charge in [0.15, 0.2) is 0 Å². The Morgan fingerprint density at radius 1 is 1.44 bits per heavy atom. The maximum absolute atomic E-state index is 5.77. The Balaban J connectivity index is 1.72. The lowest BCUT2D eigenvalue weighted by Crippen LogP contribution is -2.34. The predicted octanol–water partition coefficient (Wildman–Crippen LogP) is 4.08. The molecule has 0 atom stereocenters. The first kappa shape index (κ1) is 14.3. The number of halogens is 1. The Morgan fingerprint density at radius 2 is 2.22 bits per heavy atom. The summed E-state index contributed by atoms with van der Waals surface area (Å²) >= 11 is 7.52. The third-order valence-electron chi connectivity index (χ3n) is 3.82. The summed E-state index contributed by atoms with van der Waals surface area (Å²) in [5.41, 5.74) is 1.03. The van der Waals surface area contributed by atoms with Gasteiger partial charge in [-0.3, -0.25) is 0 Å². The zero-order valence-corrected chi connectivity index (χ0v) is 12.8. The lowest BCUT2D eigenvalue weighted by Gasteiger charge is -2.27. The summed E-state index contributed by atoms with van der Waals surface area (Å²) in [5, 5.41) is 3.32. The van der Waals surface area contributed by atoms with Crippen molar-refractivity contribution < 1.29 is 0 Å². The van der Waals surface area contributed by atoms with Crippen molar-refractivity contribution in [3.63, 3.8) is 0 Å². The second-order valence-electron chi connectivity index (χ2n) is 5.04. The van der Waals surface area contributed by atoms with Crippen LogP contribution in [0.3, 0.4) is 0 Å². The topological polar surface area (TPSA) is 16.1 Å². The van der Waals surface area contributed by atoms with Crippen molar-refractivity contribution in [3.05, 3.63) is 16.1 Å².